The third-order valence-electron chi connectivity index (χ3n) is 3.41. The van der Waals surface area contributed by atoms with Gasteiger partial charge in [-0.2, -0.15) is 4.68 Å². The minimum absolute atomic E-state index is 0.00142. The number of carbonyl (C=O) groups excluding carboxylic acids is 1. The van der Waals surface area contributed by atoms with Crippen LogP contribution in [0.2, 0.25) is 5.02 Å². The first-order chi connectivity index (χ1) is 11.5. The van der Waals surface area contributed by atoms with Crippen molar-refractivity contribution in [3.8, 4) is 22.8 Å². The van der Waals surface area contributed by atoms with Crippen molar-refractivity contribution in [2.45, 2.75) is 0 Å². The molecule has 1 heterocycles. The van der Waals surface area contributed by atoms with Gasteiger partial charge >= 0.3 is 5.69 Å². The number of H-pyrrole nitrogens is 1. The molecule has 0 bridgehead atoms. The Morgan fingerprint density at radius 3 is 2.79 bits per heavy atom. The molecule has 2 aromatic carbocycles. The van der Waals surface area contributed by atoms with Crippen LogP contribution in [-0.4, -0.2) is 28.2 Å². The van der Waals surface area contributed by atoms with E-state index in [1.807, 2.05) is 0 Å². The molecule has 6 nitrogen and oxygen atoms in total. The highest BCUT2D eigenvalue weighted by atomic mass is 35.5. The molecular weight excluding hydrogens is 337 g/mol. The summed E-state index contributed by atoms with van der Waals surface area (Å²) in [7, 11) is 1.41. The van der Waals surface area contributed by atoms with Crippen molar-refractivity contribution in [1.82, 2.24) is 14.8 Å². The van der Waals surface area contributed by atoms with Gasteiger partial charge in [-0.15, -0.1) is 5.10 Å². The van der Waals surface area contributed by atoms with Crippen LogP contribution in [0.5, 0.6) is 5.75 Å². The first-order valence-corrected chi connectivity index (χ1v) is 7.20. The average Bonchev–Trinajstić information content (AvgIpc) is 2.95. The number of hydrogen-bond donors (Lipinski definition) is 1. The van der Waals surface area contributed by atoms with Gasteiger partial charge in [0.1, 0.15) is 11.6 Å². The second-order valence-corrected chi connectivity index (χ2v) is 5.24. The number of aldehydes is 1. The van der Waals surface area contributed by atoms with Gasteiger partial charge in [-0.25, -0.2) is 9.18 Å². The number of benzene rings is 2. The van der Waals surface area contributed by atoms with E-state index in [1.165, 1.54) is 43.5 Å². The highest BCUT2D eigenvalue weighted by molar-refractivity contribution is 6.33. The fourth-order valence-electron chi connectivity index (χ4n) is 2.27. The molecule has 3 rings (SSSR count). The number of aromatic nitrogens is 3. The van der Waals surface area contributed by atoms with Crippen molar-refractivity contribution in [3.63, 3.8) is 0 Å². The third kappa shape index (κ3) is 2.69. The molecule has 3 aromatic rings. The third-order valence-corrected chi connectivity index (χ3v) is 3.72. The Bertz CT molecular complexity index is 961. The van der Waals surface area contributed by atoms with Gasteiger partial charge in [-0.3, -0.25) is 9.78 Å². The van der Waals surface area contributed by atoms with E-state index in [4.69, 9.17) is 16.3 Å². The molecule has 0 aliphatic heterocycles. The lowest BCUT2D eigenvalue weighted by Gasteiger charge is -2.06. The van der Waals surface area contributed by atoms with Crippen molar-refractivity contribution in [1.29, 1.82) is 0 Å². The minimum atomic E-state index is -0.600. The number of methoxy groups -OCH3 is 1. The molecule has 8 heteroatoms. The van der Waals surface area contributed by atoms with Gasteiger partial charge in [0.15, 0.2) is 12.1 Å². The fourth-order valence-corrected chi connectivity index (χ4v) is 2.52. The van der Waals surface area contributed by atoms with E-state index in [1.54, 1.807) is 0 Å². The lowest BCUT2D eigenvalue weighted by Crippen LogP contribution is -2.16. The fraction of sp³-hybridized carbons (Fsp3) is 0.0625. The smallest absolute Gasteiger partial charge is 0.348 e. The van der Waals surface area contributed by atoms with Crippen molar-refractivity contribution in [2.24, 2.45) is 0 Å². The molecule has 0 spiro atoms. The van der Waals surface area contributed by atoms with E-state index in [2.05, 4.69) is 10.1 Å². The maximum atomic E-state index is 14.0. The van der Waals surface area contributed by atoms with E-state index < -0.39 is 11.5 Å². The molecule has 24 heavy (non-hydrogen) atoms. The molecule has 0 fully saturated rings. The lowest BCUT2D eigenvalue weighted by molar-refractivity contribution is 0.112. The van der Waals surface area contributed by atoms with Crippen molar-refractivity contribution >= 4 is 17.9 Å². The number of nitrogens with zero attached hydrogens (tertiary/aromatic N) is 2. The number of hydrogen-bond acceptors (Lipinski definition) is 4. The Morgan fingerprint density at radius 2 is 2.12 bits per heavy atom. The van der Waals surface area contributed by atoms with Crippen LogP contribution in [0.25, 0.3) is 17.1 Å². The van der Waals surface area contributed by atoms with Crippen molar-refractivity contribution in [3.05, 3.63) is 63.3 Å². The zero-order valence-corrected chi connectivity index (χ0v) is 13.2. The molecule has 122 valence electrons. The Labute approximate surface area is 140 Å². The Hall–Kier alpha value is -2.93. The molecule has 1 aromatic heterocycles. The maximum Gasteiger partial charge on any atom is 0.348 e. The Kier molecular flexibility index (Phi) is 4.18. The number of ether oxygens (including phenoxy) is 1. The van der Waals surface area contributed by atoms with Gasteiger partial charge in [-0.1, -0.05) is 17.7 Å². The largest absolute Gasteiger partial charge is 0.496 e. The topological polar surface area (TPSA) is 77.0 Å². The molecule has 0 unspecified atom stereocenters. The maximum absolute atomic E-state index is 14.0. The normalized spacial score (nSPS) is 10.6. The van der Waals surface area contributed by atoms with Gasteiger partial charge in [0.2, 0.25) is 0 Å². The first-order valence-electron chi connectivity index (χ1n) is 6.82. The van der Waals surface area contributed by atoms with Gasteiger partial charge in [0.05, 0.1) is 28.9 Å². The standard InChI is InChI=1S/C16H11ClFN3O3/c1-24-13-7-10(6-5-9(13)8-22)21-16(23)19-15(20-21)14-11(17)3-2-4-12(14)18/h2-8H,1H3,(H,19,20,23). The summed E-state index contributed by atoms with van der Waals surface area (Å²) >= 11 is 5.99. The SMILES string of the molecule is COc1cc(-n2nc(-c3c(F)cccc3Cl)[nH]c2=O)ccc1C=O. The van der Waals surface area contributed by atoms with E-state index in [-0.39, 0.29) is 16.4 Å². The number of rotatable bonds is 4. The van der Waals surface area contributed by atoms with Crippen LogP contribution in [0.3, 0.4) is 0 Å². The van der Waals surface area contributed by atoms with Crippen molar-refractivity contribution in [2.75, 3.05) is 7.11 Å². The highest BCUT2D eigenvalue weighted by Crippen LogP contribution is 2.27. The summed E-state index contributed by atoms with van der Waals surface area (Å²) < 4.78 is 20.1. The summed E-state index contributed by atoms with van der Waals surface area (Å²) in [4.78, 5) is 25.6. The van der Waals surface area contributed by atoms with Crippen LogP contribution in [0.15, 0.2) is 41.2 Å². The van der Waals surface area contributed by atoms with Gasteiger partial charge in [-0.05, 0) is 24.3 Å². The zero-order chi connectivity index (χ0) is 17.3. The Balaban J connectivity index is 2.14. The predicted molar refractivity (Wildman–Crippen MR) is 86.5 cm³/mol. The summed E-state index contributed by atoms with van der Waals surface area (Å²) in [5.74, 6) is -0.304. The predicted octanol–water partition coefficient (Wildman–Crippen LogP) is 2.84. The van der Waals surface area contributed by atoms with Gasteiger partial charge in [0, 0.05) is 6.07 Å². The second-order valence-electron chi connectivity index (χ2n) is 4.83. The molecule has 1 N–H and O–H groups in total. The van der Waals surface area contributed by atoms with E-state index in [0.717, 1.165) is 4.68 Å². The summed E-state index contributed by atoms with van der Waals surface area (Å²) in [6.45, 7) is 0. The molecule has 0 aliphatic rings. The zero-order valence-electron chi connectivity index (χ0n) is 12.4. The van der Waals surface area contributed by atoms with Gasteiger partial charge < -0.3 is 4.74 Å². The second kappa shape index (κ2) is 6.29. The quantitative estimate of drug-likeness (QED) is 0.736. The van der Waals surface area contributed by atoms with E-state index in [0.29, 0.717) is 23.3 Å². The van der Waals surface area contributed by atoms with Crippen LogP contribution in [-0.2, 0) is 0 Å². The molecule has 0 radical (unpaired) electrons. The number of halogens is 2. The van der Waals surface area contributed by atoms with E-state index >= 15 is 0 Å². The molecule has 0 aliphatic carbocycles. The van der Waals surface area contributed by atoms with Crippen molar-refractivity contribution < 1.29 is 13.9 Å². The molecule has 0 amide bonds. The minimum Gasteiger partial charge on any atom is -0.496 e. The Morgan fingerprint density at radius 1 is 1.33 bits per heavy atom. The number of aromatic amines is 1. The summed E-state index contributed by atoms with van der Waals surface area (Å²) in [5.41, 5.74) is 0.122. The summed E-state index contributed by atoms with van der Waals surface area (Å²) in [6, 6.07) is 8.69. The first kappa shape index (κ1) is 15.9. The molecular formula is C16H11ClFN3O3. The van der Waals surface area contributed by atoms with E-state index in [9.17, 15) is 14.0 Å². The average molecular weight is 348 g/mol. The summed E-state index contributed by atoms with van der Waals surface area (Å²) in [5, 5.41) is 4.21. The van der Waals surface area contributed by atoms with Crippen LogP contribution in [0, 0.1) is 5.82 Å². The molecule has 0 saturated heterocycles. The van der Waals surface area contributed by atoms with Crippen LogP contribution >= 0.6 is 11.6 Å². The van der Waals surface area contributed by atoms with Crippen LogP contribution in [0.1, 0.15) is 10.4 Å². The van der Waals surface area contributed by atoms with Crippen LogP contribution < -0.4 is 10.4 Å². The lowest BCUT2D eigenvalue weighted by atomic mass is 10.2. The van der Waals surface area contributed by atoms with Gasteiger partial charge in [0.25, 0.3) is 0 Å². The summed E-state index contributed by atoms with van der Waals surface area (Å²) in [6.07, 6.45) is 0.639. The highest BCUT2D eigenvalue weighted by Gasteiger charge is 2.16. The molecule has 0 atom stereocenters. The monoisotopic (exact) mass is 347 g/mol. The number of carbonyl (C=O) groups is 1. The van der Waals surface area contributed by atoms with Crippen LogP contribution in [0.4, 0.5) is 4.39 Å². The molecule has 0 saturated carbocycles. The number of nitrogens with one attached hydrogen (secondary N) is 1.